The predicted octanol–water partition coefficient (Wildman–Crippen LogP) is 1.90. The Hall–Kier alpha value is 0.310. The second-order valence-electron chi connectivity index (χ2n) is 2.88. The van der Waals surface area contributed by atoms with Crippen molar-refractivity contribution in [3.05, 3.63) is 5.94 Å². The molecular weight excluding hydrogens is 120 g/mol. The van der Waals surface area contributed by atoms with E-state index in [0.29, 0.717) is 5.41 Å². The fourth-order valence-electron chi connectivity index (χ4n) is 0.609. The van der Waals surface area contributed by atoms with Crippen LogP contribution in [0.1, 0.15) is 13.8 Å². The molecule has 1 radical (unpaired) electrons. The summed E-state index contributed by atoms with van der Waals surface area (Å²) in [5.41, 5.74) is 0.388. The maximum Gasteiger partial charge on any atom is 0.138 e. The van der Waals surface area contributed by atoms with E-state index in [1.165, 1.54) is 5.75 Å². The van der Waals surface area contributed by atoms with Crippen molar-refractivity contribution in [1.29, 1.82) is 0 Å². The number of ether oxygens (including phenoxy) is 1. The van der Waals surface area contributed by atoms with Crippen molar-refractivity contribution in [1.82, 2.24) is 0 Å². The standard InChI is InChI=1S/C6H11OS/c1-6(2)3-7-5-8-4-6/h5H,3-4H2,1-2H3. The van der Waals surface area contributed by atoms with Crippen LogP contribution in [0, 0.1) is 11.4 Å². The molecule has 47 valence electrons. The summed E-state index contributed by atoms with van der Waals surface area (Å²) in [6.07, 6.45) is 0. The van der Waals surface area contributed by atoms with Crippen LogP contribution in [0.15, 0.2) is 0 Å². The van der Waals surface area contributed by atoms with Gasteiger partial charge in [0, 0.05) is 5.75 Å². The molecule has 0 atom stereocenters. The van der Waals surface area contributed by atoms with Gasteiger partial charge in [-0.25, -0.2) is 0 Å². The Morgan fingerprint density at radius 3 is 2.62 bits per heavy atom. The second-order valence-corrected chi connectivity index (χ2v) is 3.70. The van der Waals surface area contributed by atoms with Crippen molar-refractivity contribution in [2.24, 2.45) is 5.41 Å². The Labute approximate surface area is 54.8 Å². The molecule has 0 aliphatic carbocycles. The van der Waals surface area contributed by atoms with Crippen molar-refractivity contribution in [3.8, 4) is 0 Å². The number of rotatable bonds is 0. The first kappa shape index (κ1) is 6.43. The monoisotopic (exact) mass is 131 g/mol. The quantitative estimate of drug-likeness (QED) is 0.496. The van der Waals surface area contributed by atoms with Gasteiger partial charge >= 0.3 is 0 Å². The Kier molecular flexibility index (Phi) is 1.83. The Bertz CT molecular complexity index is 72.6. The van der Waals surface area contributed by atoms with Gasteiger partial charge in [0.2, 0.25) is 0 Å². The van der Waals surface area contributed by atoms with Gasteiger partial charge in [-0.3, -0.25) is 0 Å². The Morgan fingerprint density at radius 2 is 2.38 bits per heavy atom. The van der Waals surface area contributed by atoms with Crippen LogP contribution in [0.4, 0.5) is 0 Å². The van der Waals surface area contributed by atoms with Crippen LogP contribution in [0.2, 0.25) is 0 Å². The zero-order chi connectivity index (χ0) is 6.04. The molecule has 0 unspecified atom stereocenters. The van der Waals surface area contributed by atoms with E-state index in [9.17, 15) is 0 Å². The highest BCUT2D eigenvalue weighted by molar-refractivity contribution is 8.01. The molecular formula is C6H11OS. The van der Waals surface area contributed by atoms with Crippen LogP contribution in [-0.4, -0.2) is 12.4 Å². The summed E-state index contributed by atoms with van der Waals surface area (Å²) in [6, 6.07) is 0. The first-order valence-corrected chi connectivity index (χ1v) is 3.80. The maximum absolute atomic E-state index is 5.12. The summed E-state index contributed by atoms with van der Waals surface area (Å²) in [5, 5.41) is 0. The molecule has 1 aliphatic heterocycles. The lowest BCUT2D eigenvalue weighted by molar-refractivity contribution is 0.131. The number of thioether (sulfide) groups is 1. The van der Waals surface area contributed by atoms with Crippen LogP contribution >= 0.6 is 11.8 Å². The minimum atomic E-state index is 0.388. The summed E-state index contributed by atoms with van der Waals surface area (Å²) in [4.78, 5) is 0. The molecule has 0 aromatic rings. The van der Waals surface area contributed by atoms with Gasteiger partial charge in [-0.05, 0) is 5.41 Å². The number of hydrogen-bond acceptors (Lipinski definition) is 2. The highest BCUT2D eigenvalue weighted by Crippen LogP contribution is 2.29. The highest BCUT2D eigenvalue weighted by atomic mass is 32.2. The first-order valence-electron chi connectivity index (χ1n) is 2.76. The molecule has 0 aromatic heterocycles. The normalized spacial score (nSPS) is 27.8. The average Bonchev–Trinajstić information content (AvgIpc) is 1.65. The minimum Gasteiger partial charge on any atom is -0.363 e. The fraction of sp³-hybridized carbons (Fsp3) is 0.833. The van der Waals surface area contributed by atoms with Crippen LogP contribution in [0.3, 0.4) is 0 Å². The molecule has 1 rings (SSSR count). The molecule has 0 bridgehead atoms. The lowest BCUT2D eigenvalue weighted by atomic mass is 9.98. The van der Waals surface area contributed by atoms with Crippen LogP contribution in [-0.2, 0) is 4.74 Å². The topological polar surface area (TPSA) is 9.23 Å². The zero-order valence-corrected chi connectivity index (χ0v) is 6.12. The molecule has 0 N–H and O–H groups in total. The average molecular weight is 131 g/mol. The third kappa shape index (κ3) is 1.67. The van der Waals surface area contributed by atoms with Gasteiger partial charge in [-0.15, -0.1) is 11.8 Å². The molecule has 0 spiro atoms. The van der Waals surface area contributed by atoms with E-state index in [0.717, 1.165) is 6.61 Å². The lowest BCUT2D eigenvalue weighted by Gasteiger charge is -2.27. The maximum atomic E-state index is 5.12. The van der Waals surface area contributed by atoms with Gasteiger partial charge in [-0.1, -0.05) is 13.8 Å². The molecule has 1 heterocycles. The predicted molar refractivity (Wildman–Crippen MR) is 36.5 cm³/mol. The molecule has 8 heavy (non-hydrogen) atoms. The Morgan fingerprint density at radius 1 is 1.62 bits per heavy atom. The minimum absolute atomic E-state index is 0.388. The highest BCUT2D eigenvalue weighted by Gasteiger charge is 2.21. The molecule has 1 aliphatic rings. The smallest absolute Gasteiger partial charge is 0.138 e. The van der Waals surface area contributed by atoms with E-state index in [4.69, 9.17) is 4.74 Å². The molecule has 1 nitrogen and oxygen atoms in total. The van der Waals surface area contributed by atoms with Crippen molar-refractivity contribution < 1.29 is 4.74 Å². The zero-order valence-electron chi connectivity index (χ0n) is 5.31. The van der Waals surface area contributed by atoms with E-state index < -0.39 is 0 Å². The molecule has 0 saturated carbocycles. The summed E-state index contributed by atoms with van der Waals surface area (Å²) in [5.74, 6) is 3.01. The van der Waals surface area contributed by atoms with E-state index in [1.807, 2.05) is 5.94 Å². The molecule has 0 aromatic carbocycles. The van der Waals surface area contributed by atoms with Crippen molar-refractivity contribution in [2.75, 3.05) is 12.4 Å². The van der Waals surface area contributed by atoms with E-state index in [2.05, 4.69) is 13.8 Å². The molecule has 1 fully saturated rings. The van der Waals surface area contributed by atoms with Gasteiger partial charge in [0.25, 0.3) is 0 Å². The first-order chi connectivity index (χ1) is 3.71. The summed E-state index contributed by atoms with van der Waals surface area (Å²) in [6.45, 7) is 5.31. The fourth-order valence-corrected chi connectivity index (χ4v) is 1.38. The van der Waals surface area contributed by atoms with E-state index >= 15 is 0 Å². The summed E-state index contributed by atoms with van der Waals surface area (Å²) >= 11 is 1.75. The Balaban J connectivity index is 2.33. The van der Waals surface area contributed by atoms with E-state index in [-0.39, 0.29) is 0 Å². The van der Waals surface area contributed by atoms with Crippen LogP contribution in [0.25, 0.3) is 0 Å². The lowest BCUT2D eigenvalue weighted by Crippen LogP contribution is -2.24. The van der Waals surface area contributed by atoms with Gasteiger partial charge in [0.1, 0.15) is 5.94 Å². The summed E-state index contributed by atoms with van der Waals surface area (Å²) < 4.78 is 5.12. The van der Waals surface area contributed by atoms with Crippen LogP contribution in [0.5, 0.6) is 0 Å². The van der Waals surface area contributed by atoms with Gasteiger partial charge < -0.3 is 4.74 Å². The van der Waals surface area contributed by atoms with E-state index in [1.54, 1.807) is 11.8 Å². The SMILES string of the molecule is CC1(C)CO[CH]SC1. The molecule has 0 amide bonds. The molecule has 2 heteroatoms. The molecule has 1 saturated heterocycles. The third-order valence-electron chi connectivity index (χ3n) is 1.08. The van der Waals surface area contributed by atoms with Gasteiger partial charge in [-0.2, -0.15) is 0 Å². The van der Waals surface area contributed by atoms with Gasteiger partial charge in [0.05, 0.1) is 6.61 Å². The van der Waals surface area contributed by atoms with Crippen LogP contribution < -0.4 is 0 Å². The summed E-state index contributed by atoms with van der Waals surface area (Å²) in [7, 11) is 0. The van der Waals surface area contributed by atoms with Crippen molar-refractivity contribution >= 4 is 11.8 Å². The largest absolute Gasteiger partial charge is 0.363 e. The van der Waals surface area contributed by atoms with Gasteiger partial charge in [0.15, 0.2) is 0 Å². The second kappa shape index (κ2) is 2.28. The number of hydrogen-bond donors (Lipinski definition) is 0. The van der Waals surface area contributed by atoms with Crippen molar-refractivity contribution in [3.63, 3.8) is 0 Å². The van der Waals surface area contributed by atoms with Crippen molar-refractivity contribution in [2.45, 2.75) is 13.8 Å². The third-order valence-corrected chi connectivity index (χ3v) is 2.30.